The quantitative estimate of drug-likeness (QED) is 0.746. The summed E-state index contributed by atoms with van der Waals surface area (Å²) in [6.45, 7) is 0. The van der Waals surface area contributed by atoms with E-state index in [0.717, 1.165) is 11.4 Å². The molecule has 0 bridgehead atoms. The van der Waals surface area contributed by atoms with Crippen molar-refractivity contribution in [1.29, 1.82) is 5.26 Å². The molecule has 86 valence electrons. The number of hydrogen-bond donors (Lipinski definition) is 2. The molecular weight excluding hydrogens is 226 g/mol. The molecule has 0 saturated heterocycles. The van der Waals surface area contributed by atoms with Crippen molar-refractivity contribution < 1.29 is 4.79 Å². The first kappa shape index (κ1) is 10.4. The Balaban J connectivity index is 1.97. The van der Waals surface area contributed by atoms with Crippen molar-refractivity contribution in [3.63, 3.8) is 0 Å². The number of aromatic amines is 1. The standard InChI is InChI=1S/C14H9N3O/c15-7-9-5-10(16-8-9)6-13-14(18)11-3-1-2-4-12(11)17-13/h1-6,8,16-17H/b13-6+. The van der Waals surface area contributed by atoms with E-state index in [4.69, 9.17) is 5.26 Å². The number of anilines is 1. The van der Waals surface area contributed by atoms with Crippen LogP contribution < -0.4 is 5.32 Å². The van der Waals surface area contributed by atoms with Crippen molar-refractivity contribution in [2.75, 3.05) is 5.32 Å². The van der Waals surface area contributed by atoms with Crippen LogP contribution in [-0.4, -0.2) is 10.8 Å². The molecule has 1 aromatic heterocycles. The minimum absolute atomic E-state index is 0.0290. The molecule has 0 aliphatic carbocycles. The second-order valence-corrected chi connectivity index (χ2v) is 4.01. The van der Waals surface area contributed by atoms with Crippen LogP contribution in [-0.2, 0) is 0 Å². The third kappa shape index (κ3) is 1.59. The summed E-state index contributed by atoms with van der Waals surface area (Å²) in [7, 11) is 0. The molecule has 1 aliphatic heterocycles. The zero-order valence-corrected chi connectivity index (χ0v) is 9.40. The van der Waals surface area contributed by atoms with Crippen molar-refractivity contribution in [3.8, 4) is 6.07 Å². The Bertz CT molecular complexity index is 704. The number of benzene rings is 1. The van der Waals surface area contributed by atoms with Gasteiger partial charge in [-0.1, -0.05) is 12.1 Å². The summed E-state index contributed by atoms with van der Waals surface area (Å²) in [5, 5.41) is 11.8. The van der Waals surface area contributed by atoms with Crippen LogP contribution in [0.25, 0.3) is 6.08 Å². The van der Waals surface area contributed by atoms with Gasteiger partial charge in [-0.15, -0.1) is 0 Å². The Morgan fingerprint density at radius 2 is 2.11 bits per heavy atom. The van der Waals surface area contributed by atoms with Gasteiger partial charge < -0.3 is 10.3 Å². The zero-order chi connectivity index (χ0) is 12.5. The predicted octanol–water partition coefficient (Wildman–Crippen LogP) is 2.54. The van der Waals surface area contributed by atoms with Crippen LogP contribution in [0.4, 0.5) is 5.69 Å². The number of rotatable bonds is 1. The smallest absolute Gasteiger partial charge is 0.211 e. The number of nitrogens with zero attached hydrogens (tertiary/aromatic N) is 1. The summed E-state index contributed by atoms with van der Waals surface area (Å²) < 4.78 is 0. The number of Topliss-reactive ketones (excluding diaryl/α,β-unsaturated/α-hetero) is 1. The van der Waals surface area contributed by atoms with E-state index in [0.29, 0.717) is 16.8 Å². The van der Waals surface area contributed by atoms with Gasteiger partial charge >= 0.3 is 0 Å². The topological polar surface area (TPSA) is 68.7 Å². The predicted molar refractivity (Wildman–Crippen MR) is 67.9 cm³/mol. The van der Waals surface area contributed by atoms with Gasteiger partial charge in [0.05, 0.1) is 11.3 Å². The highest BCUT2D eigenvalue weighted by molar-refractivity contribution is 6.20. The molecule has 2 heterocycles. The summed E-state index contributed by atoms with van der Waals surface area (Å²) in [6.07, 6.45) is 3.32. The molecule has 2 aromatic rings. The second-order valence-electron chi connectivity index (χ2n) is 4.01. The van der Waals surface area contributed by atoms with E-state index in [1.165, 1.54) is 0 Å². The molecule has 0 unspecified atom stereocenters. The van der Waals surface area contributed by atoms with Crippen LogP contribution in [0.5, 0.6) is 0 Å². The third-order valence-electron chi connectivity index (χ3n) is 2.82. The molecule has 4 nitrogen and oxygen atoms in total. The molecule has 0 spiro atoms. The average molecular weight is 235 g/mol. The minimum Gasteiger partial charge on any atom is -0.360 e. The van der Waals surface area contributed by atoms with Crippen LogP contribution in [0.1, 0.15) is 21.6 Å². The van der Waals surface area contributed by atoms with Crippen LogP contribution in [0.3, 0.4) is 0 Å². The third-order valence-corrected chi connectivity index (χ3v) is 2.82. The minimum atomic E-state index is -0.0290. The lowest BCUT2D eigenvalue weighted by molar-refractivity contribution is 0.104. The summed E-state index contributed by atoms with van der Waals surface area (Å²) in [6, 6.07) is 11.1. The van der Waals surface area contributed by atoms with Gasteiger partial charge in [-0.25, -0.2) is 0 Å². The first-order valence-electron chi connectivity index (χ1n) is 5.49. The molecular formula is C14H9N3O. The fourth-order valence-electron chi connectivity index (χ4n) is 1.95. The molecule has 0 atom stereocenters. The average Bonchev–Trinajstić information content (AvgIpc) is 2.97. The maximum absolute atomic E-state index is 12.1. The number of carbonyl (C=O) groups is 1. The highest BCUT2D eigenvalue weighted by Crippen LogP contribution is 2.28. The molecule has 18 heavy (non-hydrogen) atoms. The lowest BCUT2D eigenvalue weighted by Crippen LogP contribution is -1.99. The number of nitrogens with one attached hydrogen (secondary N) is 2. The number of H-pyrrole nitrogens is 1. The maximum atomic E-state index is 12.1. The SMILES string of the molecule is N#Cc1c[nH]c(/C=C2/Nc3ccccc3C2=O)c1. The van der Waals surface area contributed by atoms with E-state index in [1.807, 2.05) is 24.3 Å². The normalized spacial score (nSPS) is 15.3. The summed E-state index contributed by atoms with van der Waals surface area (Å²) >= 11 is 0. The number of carbonyl (C=O) groups excluding carboxylic acids is 1. The largest absolute Gasteiger partial charge is 0.360 e. The highest BCUT2D eigenvalue weighted by atomic mass is 16.1. The van der Waals surface area contributed by atoms with Crippen LogP contribution in [0.2, 0.25) is 0 Å². The number of para-hydroxylation sites is 1. The summed E-state index contributed by atoms with van der Waals surface area (Å²) in [5.74, 6) is -0.0290. The molecule has 4 heteroatoms. The van der Waals surface area contributed by atoms with Gasteiger partial charge in [-0.2, -0.15) is 5.26 Å². The van der Waals surface area contributed by atoms with Crippen LogP contribution in [0.15, 0.2) is 42.2 Å². The van der Waals surface area contributed by atoms with E-state index in [9.17, 15) is 4.79 Å². The number of fused-ring (bicyclic) bond motifs is 1. The van der Waals surface area contributed by atoms with E-state index in [1.54, 1.807) is 24.4 Å². The molecule has 0 saturated carbocycles. The Morgan fingerprint density at radius 3 is 2.83 bits per heavy atom. The van der Waals surface area contributed by atoms with Crippen molar-refractivity contribution in [2.45, 2.75) is 0 Å². The number of allylic oxidation sites excluding steroid dienone is 1. The molecule has 3 rings (SSSR count). The van der Waals surface area contributed by atoms with Gasteiger partial charge in [0.1, 0.15) is 6.07 Å². The monoisotopic (exact) mass is 235 g/mol. The van der Waals surface area contributed by atoms with Crippen LogP contribution in [0, 0.1) is 11.3 Å². The number of nitriles is 1. The Morgan fingerprint density at radius 1 is 1.28 bits per heavy atom. The fraction of sp³-hybridized carbons (Fsp3) is 0. The molecule has 2 N–H and O–H groups in total. The number of aromatic nitrogens is 1. The lowest BCUT2D eigenvalue weighted by Gasteiger charge is -1.96. The zero-order valence-electron chi connectivity index (χ0n) is 9.40. The molecule has 0 amide bonds. The van der Waals surface area contributed by atoms with E-state index < -0.39 is 0 Å². The summed E-state index contributed by atoms with van der Waals surface area (Å²) in [5.41, 5.74) is 3.29. The first-order valence-corrected chi connectivity index (χ1v) is 5.49. The summed E-state index contributed by atoms with van der Waals surface area (Å²) in [4.78, 5) is 15.0. The first-order chi connectivity index (χ1) is 8.78. The van der Waals surface area contributed by atoms with Crippen molar-refractivity contribution in [1.82, 2.24) is 4.98 Å². The van der Waals surface area contributed by atoms with Gasteiger partial charge in [0.15, 0.2) is 0 Å². The van der Waals surface area contributed by atoms with Crippen molar-refractivity contribution in [2.24, 2.45) is 0 Å². The Hall–Kier alpha value is -2.80. The Kier molecular flexibility index (Phi) is 2.24. The molecule has 1 aromatic carbocycles. The second kappa shape index (κ2) is 3.90. The van der Waals surface area contributed by atoms with E-state index in [-0.39, 0.29) is 5.78 Å². The van der Waals surface area contributed by atoms with E-state index >= 15 is 0 Å². The van der Waals surface area contributed by atoms with Crippen molar-refractivity contribution >= 4 is 17.5 Å². The maximum Gasteiger partial charge on any atom is 0.211 e. The van der Waals surface area contributed by atoms with Crippen LogP contribution >= 0.6 is 0 Å². The van der Waals surface area contributed by atoms with Gasteiger partial charge in [0, 0.05) is 23.1 Å². The lowest BCUT2D eigenvalue weighted by atomic mass is 10.1. The van der Waals surface area contributed by atoms with Gasteiger partial charge in [-0.3, -0.25) is 4.79 Å². The molecule has 1 aliphatic rings. The molecule has 0 fully saturated rings. The van der Waals surface area contributed by atoms with Gasteiger partial charge in [0.25, 0.3) is 0 Å². The molecule has 0 radical (unpaired) electrons. The fourth-order valence-corrected chi connectivity index (χ4v) is 1.95. The van der Waals surface area contributed by atoms with E-state index in [2.05, 4.69) is 10.3 Å². The number of ketones is 1. The number of hydrogen-bond acceptors (Lipinski definition) is 3. The van der Waals surface area contributed by atoms with Crippen molar-refractivity contribution in [3.05, 3.63) is 59.0 Å². The van der Waals surface area contributed by atoms with Gasteiger partial charge in [0.2, 0.25) is 5.78 Å². The highest BCUT2D eigenvalue weighted by Gasteiger charge is 2.23. The van der Waals surface area contributed by atoms with Gasteiger partial charge in [-0.05, 0) is 24.3 Å². The Labute approximate surface area is 104 Å².